The molecule has 0 aromatic heterocycles. The molecular formula is C29H29F3O4. The van der Waals surface area contributed by atoms with E-state index in [1.807, 2.05) is 51.1 Å². The van der Waals surface area contributed by atoms with Crippen molar-refractivity contribution in [2.75, 3.05) is 13.2 Å². The lowest BCUT2D eigenvalue weighted by Gasteiger charge is -2.31. The van der Waals surface area contributed by atoms with Crippen LogP contribution >= 0.6 is 0 Å². The first kappa shape index (κ1) is 25.8. The van der Waals surface area contributed by atoms with Crippen LogP contribution in [0.3, 0.4) is 0 Å². The van der Waals surface area contributed by atoms with Gasteiger partial charge < -0.3 is 14.6 Å². The number of aliphatic hydroxyl groups is 1. The molecule has 0 radical (unpaired) electrons. The Bertz CT molecular complexity index is 1230. The SMILES string of the molecule is CC(C)(C)COC(=O)c1ccc(C(F)(F)F)cc1-c1ccc2c(c1)OC[C@H](Cc1ccccc1)[C@H]2O. The summed E-state index contributed by atoms with van der Waals surface area (Å²) in [6.45, 7) is 6.06. The van der Waals surface area contributed by atoms with Gasteiger partial charge in [-0.1, -0.05) is 63.2 Å². The fourth-order valence-electron chi connectivity index (χ4n) is 4.20. The molecule has 1 heterocycles. The maximum absolute atomic E-state index is 13.5. The number of benzene rings is 3. The smallest absolute Gasteiger partial charge is 0.416 e. The molecule has 0 fully saturated rings. The van der Waals surface area contributed by atoms with Crippen molar-refractivity contribution >= 4 is 5.97 Å². The molecule has 190 valence electrons. The summed E-state index contributed by atoms with van der Waals surface area (Å²) in [6.07, 6.45) is -4.74. The van der Waals surface area contributed by atoms with Gasteiger partial charge in [-0.25, -0.2) is 4.79 Å². The van der Waals surface area contributed by atoms with E-state index in [0.717, 1.165) is 23.8 Å². The second-order valence-electron chi connectivity index (χ2n) is 10.4. The van der Waals surface area contributed by atoms with E-state index in [1.165, 1.54) is 0 Å². The number of rotatable bonds is 5. The minimum absolute atomic E-state index is 0.0329. The van der Waals surface area contributed by atoms with Gasteiger partial charge in [0.25, 0.3) is 0 Å². The van der Waals surface area contributed by atoms with Gasteiger partial charge in [0.05, 0.1) is 30.4 Å². The number of carbonyl (C=O) groups excluding carboxylic acids is 1. The predicted octanol–water partition coefficient (Wildman–Crippen LogP) is 6.86. The molecule has 0 amide bonds. The molecule has 36 heavy (non-hydrogen) atoms. The Morgan fingerprint density at radius 1 is 1.03 bits per heavy atom. The van der Waals surface area contributed by atoms with Crippen molar-refractivity contribution in [2.24, 2.45) is 11.3 Å². The zero-order chi connectivity index (χ0) is 26.1. The number of aliphatic hydroxyl groups excluding tert-OH is 1. The molecule has 3 aromatic rings. The van der Waals surface area contributed by atoms with Crippen molar-refractivity contribution in [3.63, 3.8) is 0 Å². The maximum atomic E-state index is 13.5. The van der Waals surface area contributed by atoms with Crippen LogP contribution < -0.4 is 4.74 Å². The Balaban J connectivity index is 1.66. The van der Waals surface area contributed by atoms with Crippen LogP contribution in [0.25, 0.3) is 11.1 Å². The van der Waals surface area contributed by atoms with E-state index >= 15 is 0 Å². The molecule has 1 aliphatic rings. The van der Waals surface area contributed by atoms with Crippen LogP contribution in [0.5, 0.6) is 5.75 Å². The summed E-state index contributed by atoms with van der Waals surface area (Å²) in [5.41, 5.74) is 0.972. The Morgan fingerprint density at radius 3 is 2.42 bits per heavy atom. The minimum Gasteiger partial charge on any atom is -0.493 e. The van der Waals surface area contributed by atoms with E-state index in [-0.39, 0.29) is 35.7 Å². The van der Waals surface area contributed by atoms with Crippen LogP contribution in [0.2, 0.25) is 0 Å². The highest BCUT2D eigenvalue weighted by atomic mass is 19.4. The van der Waals surface area contributed by atoms with Gasteiger partial charge in [-0.05, 0) is 52.8 Å². The summed E-state index contributed by atoms with van der Waals surface area (Å²) in [7, 11) is 0. The van der Waals surface area contributed by atoms with Gasteiger partial charge in [-0.2, -0.15) is 13.2 Å². The number of carbonyl (C=O) groups is 1. The zero-order valence-electron chi connectivity index (χ0n) is 20.4. The molecular weight excluding hydrogens is 469 g/mol. The molecule has 3 aromatic carbocycles. The number of esters is 1. The number of alkyl halides is 3. The highest BCUT2D eigenvalue weighted by molar-refractivity contribution is 5.97. The van der Waals surface area contributed by atoms with Crippen LogP contribution in [0.4, 0.5) is 13.2 Å². The summed E-state index contributed by atoms with van der Waals surface area (Å²) in [6, 6.07) is 17.6. The molecule has 1 N–H and O–H groups in total. The maximum Gasteiger partial charge on any atom is 0.416 e. The summed E-state index contributed by atoms with van der Waals surface area (Å²) < 4.78 is 51.8. The lowest BCUT2D eigenvalue weighted by atomic mass is 9.87. The predicted molar refractivity (Wildman–Crippen MR) is 131 cm³/mol. The molecule has 0 bridgehead atoms. The summed E-state index contributed by atoms with van der Waals surface area (Å²) in [4.78, 5) is 12.8. The number of halogens is 3. The van der Waals surface area contributed by atoms with Crippen LogP contribution in [-0.2, 0) is 17.3 Å². The van der Waals surface area contributed by atoms with Crippen molar-refractivity contribution in [1.82, 2.24) is 0 Å². The Hall–Kier alpha value is -3.32. The van der Waals surface area contributed by atoms with Gasteiger partial charge in [0.2, 0.25) is 0 Å². The fourth-order valence-corrected chi connectivity index (χ4v) is 4.20. The van der Waals surface area contributed by atoms with Gasteiger partial charge in [-0.15, -0.1) is 0 Å². The molecule has 0 aliphatic carbocycles. The van der Waals surface area contributed by atoms with Crippen LogP contribution in [0.1, 0.15) is 53.9 Å². The summed E-state index contributed by atoms with van der Waals surface area (Å²) in [5, 5.41) is 11.0. The van der Waals surface area contributed by atoms with Crippen LogP contribution in [0, 0.1) is 11.3 Å². The Morgan fingerprint density at radius 2 is 1.75 bits per heavy atom. The topological polar surface area (TPSA) is 55.8 Å². The molecule has 0 spiro atoms. The monoisotopic (exact) mass is 498 g/mol. The van der Waals surface area contributed by atoms with E-state index in [4.69, 9.17) is 9.47 Å². The van der Waals surface area contributed by atoms with E-state index in [2.05, 4.69) is 0 Å². The number of hydrogen-bond acceptors (Lipinski definition) is 4. The third kappa shape index (κ3) is 5.90. The second kappa shape index (κ2) is 9.97. The van der Waals surface area contributed by atoms with E-state index in [9.17, 15) is 23.1 Å². The molecule has 0 saturated heterocycles. The largest absolute Gasteiger partial charge is 0.493 e. The average molecular weight is 499 g/mol. The van der Waals surface area contributed by atoms with Crippen LogP contribution in [-0.4, -0.2) is 24.3 Å². The van der Waals surface area contributed by atoms with Crippen molar-refractivity contribution in [3.05, 3.63) is 89.0 Å². The first-order chi connectivity index (χ1) is 16.9. The summed E-state index contributed by atoms with van der Waals surface area (Å²) in [5.74, 6) is -0.478. The molecule has 7 heteroatoms. The van der Waals surface area contributed by atoms with Gasteiger partial charge in [-0.3, -0.25) is 0 Å². The van der Waals surface area contributed by atoms with Crippen molar-refractivity contribution in [3.8, 4) is 16.9 Å². The lowest BCUT2D eigenvalue weighted by molar-refractivity contribution is -0.137. The van der Waals surface area contributed by atoms with Crippen LogP contribution in [0.15, 0.2) is 66.7 Å². The van der Waals surface area contributed by atoms with Crippen molar-refractivity contribution < 1.29 is 32.5 Å². The fraction of sp³-hybridized carbons (Fsp3) is 0.345. The average Bonchev–Trinajstić information content (AvgIpc) is 2.83. The highest BCUT2D eigenvalue weighted by Crippen LogP contribution is 2.41. The third-order valence-corrected chi connectivity index (χ3v) is 6.09. The zero-order valence-corrected chi connectivity index (χ0v) is 20.4. The summed E-state index contributed by atoms with van der Waals surface area (Å²) >= 11 is 0. The quantitative estimate of drug-likeness (QED) is 0.391. The van der Waals surface area contributed by atoms with Gasteiger partial charge in [0.15, 0.2) is 0 Å². The van der Waals surface area contributed by atoms with Gasteiger partial charge in [0, 0.05) is 11.5 Å². The second-order valence-corrected chi connectivity index (χ2v) is 10.4. The van der Waals surface area contributed by atoms with Gasteiger partial charge >= 0.3 is 12.1 Å². The van der Waals surface area contributed by atoms with E-state index in [1.54, 1.807) is 18.2 Å². The Kier molecular flexibility index (Phi) is 7.14. The van der Waals surface area contributed by atoms with Crippen molar-refractivity contribution in [2.45, 2.75) is 39.5 Å². The lowest BCUT2D eigenvalue weighted by Crippen LogP contribution is -2.27. The first-order valence-corrected chi connectivity index (χ1v) is 11.8. The first-order valence-electron chi connectivity index (χ1n) is 11.8. The van der Waals surface area contributed by atoms with E-state index in [0.29, 0.717) is 23.3 Å². The molecule has 2 atom stereocenters. The number of ether oxygens (including phenoxy) is 2. The number of fused-ring (bicyclic) bond motifs is 1. The highest BCUT2D eigenvalue weighted by Gasteiger charge is 2.33. The normalized spacial score (nSPS) is 17.8. The minimum atomic E-state index is -4.58. The van der Waals surface area contributed by atoms with Crippen molar-refractivity contribution in [1.29, 1.82) is 0 Å². The third-order valence-electron chi connectivity index (χ3n) is 6.09. The Labute approximate surface area is 208 Å². The van der Waals surface area contributed by atoms with Gasteiger partial charge in [0.1, 0.15) is 5.75 Å². The molecule has 0 saturated carbocycles. The van der Waals surface area contributed by atoms with E-state index < -0.39 is 23.8 Å². The molecule has 0 unspecified atom stereocenters. The molecule has 1 aliphatic heterocycles. The molecule has 4 rings (SSSR count). The molecule has 4 nitrogen and oxygen atoms in total. The number of hydrogen-bond donors (Lipinski definition) is 1. The standard InChI is InChI=1S/C29H29F3O4/c1-28(2,3)17-36-27(34)22-12-10-21(29(30,31)32)15-24(22)19-9-11-23-25(14-19)35-16-20(26(23)33)13-18-7-5-4-6-8-18/h4-12,14-15,20,26,33H,13,16-17H2,1-3H3/t20-,26+/m0/s1.